The van der Waals surface area contributed by atoms with Crippen molar-refractivity contribution in [2.24, 2.45) is 10.9 Å². The van der Waals surface area contributed by atoms with Gasteiger partial charge in [0.25, 0.3) is 0 Å². The van der Waals surface area contributed by atoms with Crippen molar-refractivity contribution in [3.8, 4) is 0 Å². The van der Waals surface area contributed by atoms with Gasteiger partial charge in [-0.05, 0) is 30.6 Å². The van der Waals surface area contributed by atoms with Crippen molar-refractivity contribution in [2.75, 3.05) is 0 Å². The minimum atomic E-state index is -0.0238. The van der Waals surface area contributed by atoms with Crippen molar-refractivity contribution in [1.82, 2.24) is 9.36 Å². The minimum Gasteiger partial charge on any atom is -0.409 e. The first-order chi connectivity index (χ1) is 8.61. The van der Waals surface area contributed by atoms with Gasteiger partial charge in [-0.15, -0.1) is 0 Å². The highest BCUT2D eigenvalue weighted by Gasteiger charge is 2.14. The Hall–Kier alpha value is -1.31. The Kier molecular flexibility index (Phi) is 4.05. The number of rotatable bonds is 3. The van der Waals surface area contributed by atoms with E-state index in [1.54, 1.807) is 12.1 Å². The molecular weight excluding hydrogens is 292 g/mol. The van der Waals surface area contributed by atoms with Crippen LogP contribution in [0.4, 0.5) is 0 Å². The van der Waals surface area contributed by atoms with E-state index in [0.717, 1.165) is 15.1 Å². The number of nitrogens with zero attached hydrogens (tertiary/aromatic N) is 3. The first kappa shape index (κ1) is 13.1. The van der Waals surface area contributed by atoms with Crippen LogP contribution in [0.2, 0.25) is 5.02 Å². The lowest BCUT2D eigenvalue weighted by atomic mass is 10.2. The van der Waals surface area contributed by atoms with Gasteiger partial charge >= 0.3 is 0 Å². The fraction of sp³-hybridized carbons (Fsp3) is 0.100. The molecule has 0 radical (unpaired) electrons. The molecule has 0 aliphatic carbocycles. The second kappa shape index (κ2) is 5.55. The van der Waals surface area contributed by atoms with Crippen molar-refractivity contribution >= 4 is 40.7 Å². The molecule has 0 bridgehead atoms. The molecule has 5 nitrogen and oxygen atoms in total. The summed E-state index contributed by atoms with van der Waals surface area (Å²) >= 11 is 8.73. The van der Waals surface area contributed by atoms with Gasteiger partial charge in [-0.3, -0.25) is 0 Å². The fourth-order valence-corrected chi connectivity index (χ4v) is 3.41. The molecule has 1 heterocycles. The molecule has 0 unspecified atom stereocenters. The summed E-state index contributed by atoms with van der Waals surface area (Å²) in [5.41, 5.74) is 6.12. The van der Waals surface area contributed by atoms with E-state index in [9.17, 15) is 0 Å². The van der Waals surface area contributed by atoms with Gasteiger partial charge in [-0.2, -0.15) is 4.37 Å². The molecule has 0 amide bonds. The molecule has 3 N–H and O–H groups in total. The third-order valence-electron chi connectivity index (χ3n) is 2.05. The Labute approximate surface area is 117 Å². The number of aryl methyl sites for hydroxylation is 1. The summed E-state index contributed by atoms with van der Waals surface area (Å²) < 4.78 is 4.88. The minimum absolute atomic E-state index is 0.0238. The number of oxime groups is 1. The zero-order valence-electron chi connectivity index (χ0n) is 9.29. The summed E-state index contributed by atoms with van der Waals surface area (Å²) in [6.45, 7) is 1.82. The van der Waals surface area contributed by atoms with Crippen LogP contribution in [0.5, 0.6) is 0 Å². The van der Waals surface area contributed by atoms with Crippen molar-refractivity contribution < 1.29 is 5.21 Å². The first-order valence-electron chi connectivity index (χ1n) is 4.86. The largest absolute Gasteiger partial charge is 0.409 e. The van der Waals surface area contributed by atoms with Crippen LogP contribution in [-0.2, 0) is 0 Å². The quantitative estimate of drug-likeness (QED) is 0.394. The molecule has 0 spiro atoms. The molecule has 2 rings (SSSR count). The van der Waals surface area contributed by atoms with Crippen LogP contribution >= 0.6 is 34.9 Å². The lowest BCUT2D eigenvalue weighted by molar-refractivity contribution is 0.318. The highest BCUT2D eigenvalue weighted by molar-refractivity contribution is 8.01. The zero-order chi connectivity index (χ0) is 13.1. The van der Waals surface area contributed by atoms with Gasteiger partial charge in [-0.25, -0.2) is 4.98 Å². The van der Waals surface area contributed by atoms with Crippen LogP contribution < -0.4 is 5.73 Å². The topological polar surface area (TPSA) is 84.4 Å². The summed E-state index contributed by atoms with van der Waals surface area (Å²) in [4.78, 5) is 5.02. The van der Waals surface area contributed by atoms with Crippen LogP contribution in [0.15, 0.2) is 32.6 Å². The van der Waals surface area contributed by atoms with E-state index in [4.69, 9.17) is 22.5 Å². The summed E-state index contributed by atoms with van der Waals surface area (Å²) in [7, 11) is 0. The van der Waals surface area contributed by atoms with E-state index < -0.39 is 0 Å². The molecular formula is C10H9ClN4OS2. The number of benzene rings is 1. The van der Waals surface area contributed by atoms with Gasteiger partial charge in [0.15, 0.2) is 10.2 Å². The summed E-state index contributed by atoms with van der Waals surface area (Å²) in [6.07, 6.45) is 0. The molecule has 0 saturated carbocycles. The lowest BCUT2D eigenvalue weighted by Gasteiger charge is -2.07. The maximum atomic E-state index is 8.78. The number of amidine groups is 1. The Morgan fingerprint density at radius 2 is 2.33 bits per heavy atom. The van der Waals surface area contributed by atoms with Gasteiger partial charge in [0, 0.05) is 4.90 Å². The molecule has 0 fully saturated rings. The third kappa shape index (κ3) is 2.74. The molecule has 2 aromatic rings. The van der Waals surface area contributed by atoms with Gasteiger partial charge in [-0.1, -0.05) is 34.6 Å². The maximum absolute atomic E-state index is 8.78. The van der Waals surface area contributed by atoms with Gasteiger partial charge < -0.3 is 10.9 Å². The molecule has 0 aliphatic rings. The molecule has 1 aromatic heterocycles. The molecule has 94 valence electrons. The monoisotopic (exact) mass is 300 g/mol. The molecule has 8 heteroatoms. The lowest BCUT2D eigenvalue weighted by Crippen LogP contribution is -2.14. The molecule has 1 aromatic carbocycles. The standard InChI is InChI=1S/C10H9ClN4OS2/c1-5-13-10(18-15-5)17-7-4-2-3-6(11)8(7)9(12)14-16/h2-4,16H,1H3,(H2,12,14). The van der Waals surface area contributed by atoms with Crippen molar-refractivity contribution in [3.63, 3.8) is 0 Å². The normalized spacial score (nSPS) is 11.8. The fourth-order valence-electron chi connectivity index (χ4n) is 1.30. The summed E-state index contributed by atoms with van der Waals surface area (Å²) in [5.74, 6) is 0.694. The van der Waals surface area contributed by atoms with Crippen LogP contribution in [0.3, 0.4) is 0 Å². The van der Waals surface area contributed by atoms with E-state index in [1.165, 1.54) is 23.3 Å². The Morgan fingerprint density at radius 3 is 2.94 bits per heavy atom. The number of nitrogens with two attached hydrogens (primary N) is 1. The zero-order valence-corrected chi connectivity index (χ0v) is 11.7. The second-order valence-electron chi connectivity index (χ2n) is 3.31. The number of halogens is 1. The molecule has 0 saturated heterocycles. The predicted octanol–water partition coefficient (Wildman–Crippen LogP) is 2.75. The molecule has 18 heavy (non-hydrogen) atoms. The SMILES string of the molecule is Cc1nsc(Sc2cccc(Cl)c2C(N)=NO)n1. The average Bonchev–Trinajstić information content (AvgIpc) is 2.74. The Balaban J connectivity index is 2.41. The third-order valence-corrected chi connectivity index (χ3v) is 4.26. The molecule has 0 atom stereocenters. The van der Waals surface area contributed by atoms with E-state index in [0.29, 0.717) is 10.6 Å². The Bertz CT molecular complexity index is 599. The highest BCUT2D eigenvalue weighted by Crippen LogP contribution is 2.34. The summed E-state index contributed by atoms with van der Waals surface area (Å²) in [5, 5.41) is 12.2. The van der Waals surface area contributed by atoms with Crippen LogP contribution in [0.1, 0.15) is 11.4 Å². The van der Waals surface area contributed by atoms with Crippen molar-refractivity contribution in [3.05, 3.63) is 34.6 Å². The van der Waals surface area contributed by atoms with Crippen LogP contribution in [0, 0.1) is 6.92 Å². The van der Waals surface area contributed by atoms with Gasteiger partial charge in [0.2, 0.25) is 0 Å². The Morgan fingerprint density at radius 1 is 1.56 bits per heavy atom. The van der Waals surface area contributed by atoms with Crippen LogP contribution in [-0.4, -0.2) is 20.4 Å². The molecule has 0 aliphatic heterocycles. The van der Waals surface area contributed by atoms with E-state index in [-0.39, 0.29) is 5.84 Å². The number of hydrogen-bond donors (Lipinski definition) is 2. The van der Waals surface area contributed by atoms with Gasteiger partial charge in [0.1, 0.15) is 5.82 Å². The van der Waals surface area contributed by atoms with E-state index >= 15 is 0 Å². The second-order valence-corrected chi connectivity index (χ2v) is 5.76. The van der Waals surface area contributed by atoms with E-state index in [2.05, 4.69) is 14.5 Å². The highest BCUT2D eigenvalue weighted by atomic mass is 35.5. The van der Waals surface area contributed by atoms with Gasteiger partial charge in [0.05, 0.1) is 10.6 Å². The van der Waals surface area contributed by atoms with Crippen molar-refractivity contribution in [1.29, 1.82) is 0 Å². The van der Waals surface area contributed by atoms with Crippen molar-refractivity contribution in [2.45, 2.75) is 16.2 Å². The predicted molar refractivity (Wildman–Crippen MR) is 72.7 cm³/mol. The number of hydrogen-bond acceptors (Lipinski definition) is 6. The number of aromatic nitrogens is 2. The first-order valence-corrected chi connectivity index (χ1v) is 6.83. The van der Waals surface area contributed by atoms with E-state index in [1.807, 2.05) is 13.0 Å². The maximum Gasteiger partial charge on any atom is 0.174 e. The van der Waals surface area contributed by atoms with Crippen LogP contribution in [0.25, 0.3) is 0 Å². The average molecular weight is 301 g/mol. The smallest absolute Gasteiger partial charge is 0.174 e. The summed E-state index contributed by atoms with van der Waals surface area (Å²) in [6, 6.07) is 5.32.